The van der Waals surface area contributed by atoms with Gasteiger partial charge in [-0.15, -0.1) is 17.4 Å². The van der Waals surface area contributed by atoms with E-state index >= 15 is 0 Å². The van der Waals surface area contributed by atoms with Gasteiger partial charge in [-0.1, -0.05) is 11.3 Å². The molecule has 4 N–H and O–H groups in total. The van der Waals surface area contributed by atoms with E-state index in [1.165, 1.54) is 17.4 Å². The fourth-order valence-electron chi connectivity index (χ4n) is 2.36. The van der Waals surface area contributed by atoms with Crippen LogP contribution in [0.5, 0.6) is 0 Å². The number of halogens is 2. The molecule has 0 spiro atoms. The highest BCUT2D eigenvalue weighted by Crippen LogP contribution is 2.37. The topological polar surface area (TPSA) is 80.0 Å². The number of carbonyl (C=O) groups excluding carboxylic acids is 1. The standard InChI is InChI=1S/C18H18FIN4OS.3CH3.Al/c1-18(2,21)9-23-15(25)14-11-4-3-7-22-16(11)26-17(14)24-13-6-5-10(20)8-12(13)19;;;;/h3-8,24H,9,21H2,1-2H3,(H,23,25);3*1H3;. The molecule has 0 fully saturated rings. The Labute approximate surface area is 199 Å². The summed E-state index contributed by atoms with van der Waals surface area (Å²) in [6.45, 7) is 3.99. The van der Waals surface area contributed by atoms with Crippen LogP contribution in [0.15, 0.2) is 36.5 Å². The van der Waals surface area contributed by atoms with Crippen molar-refractivity contribution >= 4 is 74.9 Å². The van der Waals surface area contributed by atoms with Crippen LogP contribution in [0.4, 0.5) is 15.1 Å². The number of benzene rings is 1. The Kier molecular flexibility index (Phi) is 9.06. The number of rotatable bonds is 5. The van der Waals surface area contributed by atoms with Gasteiger partial charge < -0.3 is 16.4 Å². The Morgan fingerprint density at radius 1 is 1.30 bits per heavy atom. The number of aromatic nitrogens is 1. The summed E-state index contributed by atoms with van der Waals surface area (Å²) in [5, 5.41) is 7.16. The number of fused-ring (bicyclic) bond motifs is 1. The molecule has 0 unspecified atom stereocenters. The molecular weight excluding hydrogens is 529 g/mol. The lowest BCUT2D eigenvalue weighted by Crippen LogP contribution is -2.45. The molecule has 0 atom stereocenters. The third kappa shape index (κ3) is 7.46. The van der Waals surface area contributed by atoms with Crippen LogP contribution in [0, 0.1) is 9.39 Å². The molecule has 2 aromatic heterocycles. The lowest BCUT2D eigenvalue weighted by molar-refractivity contribution is 0.0949. The van der Waals surface area contributed by atoms with E-state index in [9.17, 15) is 9.18 Å². The second-order valence-electron chi connectivity index (χ2n) is 8.31. The Hall–Kier alpha value is -1.25. The molecule has 3 rings (SSSR count). The molecule has 0 radical (unpaired) electrons. The van der Waals surface area contributed by atoms with Gasteiger partial charge in [-0.25, -0.2) is 9.37 Å². The summed E-state index contributed by atoms with van der Waals surface area (Å²) in [7, 11) is 0. The third-order valence-electron chi connectivity index (χ3n) is 3.58. The van der Waals surface area contributed by atoms with Gasteiger partial charge in [0.2, 0.25) is 0 Å². The number of amides is 1. The molecule has 0 saturated carbocycles. The molecule has 9 heteroatoms. The summed E-state index contributed by atoms with van der Waals surface area (Å²) in [4.78, 5) is 17.8. The van der Waals surface area contributed by atoms with E-state index in [2.05, 4.69) is 33.0 Å². The normalized spacial score (nSPS) is 10.9. The van der Waals surface area contributed by atoms with E-state index in [1.54, 1.807) is 24.4 Å². The largest absolute Gasteiger partial charge is 0.350 e. The van der Waals surface area contributed by atoms with E-state index in [0.29, 0.717) is 27.6 Å². The molecule has 2 heterocycles. The van der Waals surface area contributed by atoms with Gasteiger partial charge >= 0.3 is 0 Å². The van der Waals surface area contributed by atoms with Crippen molar-refractivity contribution in [2.24, 2.45) is 5.73 Å². The summed E-state index contributed by atoms with van der Waals surface area (Å²) in [6.07, 6.45) is 1.67. The second kappa shape index (κ2) is 10.9. The Bertz CT molecular complexity index is 1020. The molecule has 5 nitrogen and oxygen atoms in total. The van der Waals surface area contributed by atoms with Crippen molar-refractivity contribution in [2.75, 3.05) is 11.9 Å². The van der Waals surface area contributed by atoms with Crippen LogP contribution in [0.2, 0.25) is 17.4 Å². The van der Waals surface area contributed by atoms with Gasteiger partial charge in [-0.2, -0.15) is 0 Å². The minimum atomic E-state index is -0.532. The highest BCUT2D eigenvalue weighted by atomic mass is 127. The summed E-state index contributed by atoms with van der Waals surface area (Å²) in [6, 6.07) is 8.49. The molecule has 30 heavy (non-hydrogen) atoms. The van der Waals surface area contributed by atoms with Crippen molar-refractivity contribution in [1.29, 1.82) is 0 Å². The fourth-order valence-corrected chi connectivity index (χ4v) is 3.86. The molecule has 0 saturated heterocycles. The van der Waals surface area contributed by atoms with E-state index in [1.807, 2.05) is 42.5 Å². The number of anilines is 2. The molecule has 0 aliphatic heterocycles. The first kappa shape index (κ1) is 25.0. The van der Waals surface area contributed by atoms with Crippen LogP contribution >= 0.6 is 33.9 Å². The van der Waals surface area contributed by atoms with Gasteiger partial charge in [0.1, 0.15) is 15.6 Å². The maximum Gasteiger partial charge on any atom is 0.255 e. The molecule has 0 aliphatic rings. The van der Waals surface area contributed by atoms with E-state index in [-0.39, 0.29) is 25.9 Å². The molecule has 0 aliphatic carbocycles. The molecule has 1 aromatic carbocycles. The van der Waals surface area contributed by atoms with Crippen molar-refractivity contribution in [2.45, 2.75) is 36.7 Å². The zero-order valence-corrected chi connectivity index (χ0v) is 22.0. The van der Waals surface area contributed by atoms with Crippen LogP contribution in [-0.2, 0) is 0 Å². The Morgan fingerprint density at radius 2 is 1.97 bits per heavy atom. The number of hydrogen-bond acceptors (Lipinski definition) is 5. The molecule has 1 amide bonds. The van der Waals surface area contributed by atoms with E-state index < -0.39 is 5.54 Å². The molecule has 0 bridgehead atoms. The number of nitrogens with two attached hydrogens (primary N) is 1. The van der Waals surface area contributed by atoms with Crippen LogP contribution < -0.4 is 16.4 Å². The van der Waals surface area contributed by atoms with Gasteiger partial charge in [0, 0.05) is 27.2 Å². The first-order valence-corrected chi connectivity index (χ1v) is 15.0. The zero-order chi connectivity index (χ0) is 22.5. The van der Waals surface area contributed by atoms with Gasteiger partial charge in [0.05, 0.1) is 11.3 Å². The van der Waals surface area contributed by atoms with E-state index in [4.69, 9.17) is 5.73 Å². The van der Waals surface area contributed by atoms with Crippen molar-refractivity contribution in [3.05, 3.63) is 51.5 Å². The second-order valence-corrected chi connectivity index (χ2v) is 14.0. The lowest BCUT2D eigenvalue weighted by Gasteiger charge is -2.19. The average Bonchev–Trinajstić information content (AvgIpc) is 2.99. The maximum absolute atomic E-state index is 14.2. The van der Waals surface area contributed by atoms with Crippen molar-refractivity contribution < 1.29 is 9.18 Å². The van der Waals surface area contributed by atoms with E-state index in [0.717, 1.165) is 8.96 Å². The minimum absolute atomic E-state index is 0.139. The first-order chi connectivity index (χ1) is 14.0. The maximum atomic E-state index is 14.2. The molecule has 3 aromatic rings. The number of nitrogens with one attached hydrogen (secondary N) is 2. The summed E-state index contributed by atoms with van der Waals surface area (Å²) < 4.78 is 15.0. The quantitative estimate of drug-likeness (QED) is 0.282. The van der Waals surface area contributed by atoms with Crippen molar-refractivity contribution in [3.63, 3.8) is 0 Å². The molecule has 160 valence electrons. The van der Waals surface area contributed by atoms with Gasteiger partial charge in [0.25, 0.3) is 20.1 Å². The van der Waals surface area contributed by atoms with Crippen LogP contribution in [0.1, 0.15) is 24.2 Å². The Balaban J connectivity index is 0.000000735. The number of thiophene rings is 1. The lowest BCUT2D eigenvalue weighted by atomic mass is 10.1. The van der Waals surface area contributed by atoms with Gasteiger partial charge in [0.15, 0.2) is 0 Å². The summed E-state index contributed by atoms with van der Waals surface area (Å²) in [5.41, 5.74) is 6.18. The number of carbonyl (C=O) groups is 1. The third-order valence-corrected chi connectivity index (χ3v) is 5.28. The van der Waals surface area contributed by atoms with Gasteiger partial charge in [-0.3, -0.25) is 4.79 Å². The van der Waals surface area contributed by atoms with Crippen LogP contribution in [-0.4, -0.2) is 37.1 Å². The smallest absolute Gasteiger partial charge is 0.255 e. The average molecular weight is 556 g/mol. The number of nitrogens with zero attached hydrogens (tertiary/aromatic N) is 1. The highest BCUT2D eigenvalue weighted by molar-refractivity contribution is 14.1. The Morgan fingerprint density at radius 3 is 2.57 bits per heavy atom. The highest BCUT2D eigenvalue weighted by Gasteiger charge is 2.22. The predicted molar refractivity (Wildman–Crippen MR) is 136 cm³/mol. The number of hydrogen-bond donors (Lipinski definition) is 3. The van der Waals surface area contributed by atoms with Gasteiger partial charge in [-0.05, 0) is 66.8 Å². The fraction of sp³-hybridized carbons (Fsp3) is 0.333. The summed E-state index contributed by atoms with van der Waals surface area (Å²) in [5.74, 6) is 6.27. The zero-order valence-electron chi connectivity index (χ0n) is 17.8. The first-order valence-electron chi connectivity index (χ1n) is 9.64. The SMILES string of the molecule is CC(C)(N)CNC(=O)c1c(Nc2ccc(I)cc2F)sc2ncccc12.[CH3][Al]([CH3])[CH3]. The monoisotopic (exact) mass is 556 g/mol. The number of pyridine rings is 1. The molecular formula is C21H27AlFIN4OS. The summed E-state index contributed by atoms with van der Waals surface area (Å²) >= 11 is 3.22. The van der Waals surface area contributed by atoms with Crippen molar-refractivity contribution in [3.8, 4) is 0 Å². The predicted octanol–water partition coefficient (Wildman–Crippen LogP) is 5.62. The van der Waals surface area contributed by atoms with Crippen LogP contribution in [0.3, 0.4) is 0 Å². The van der Waals surface area contributed by atoms with Crippen molar-refractivity contribution in [1.82, 2.24) is 10.3 Å². The minimum Gasteiger partial charge on any atom is -0.350 e. The van der Waals surface area contributed by atoms with Crippen LogP contribution in [0.25, 0.3) is 10.2 Å².